The molecule has 0 aromatic heterocycles. The second-order valence-electron chi connectivity index (χ2n) is 3.36. The number of rotatable bonds is 2. The third-order valence-corrected chi connectivity index (χ3v) is 2.28. The van der Waals surface area contributed by atoms with Gasteiger partial charge in [0.2, 0.25) is 0 Å². The lowest BCUT2D eigenvalue weighted by Gasteiger charge is -2.05. The molecule has 0 unspecified atom stereocenters. The highest BCUT2D eigenvalue weighted by atomic mass is 19.1. The fourth-order valence-electron chi connectivity index (χ4n) is 1.54. The summed E-state index contributed by atoms with van der Waals surface area (Å²) >= 11 is 0. The zero-order valence-electron chi connectivity index (χ0n) is 8.28. The highest BCUT2D eigenvalue weighted by Crippen LogP contribution is 2.24. The van der Waals surface area contributed by atoms with Crippen LogP contribution < -0.4 is 0 Å². The molecule has 0 N–H and O–H groups in total. The van der Waals surface area contributed by atoms with Gasteiger partial charge in [-0.15, -0.1) is 0 Å². The van der Waals surface area contributed by atoms with Gasteiger partial charge in [-0.3, -0.25) is 4.79 Å². The van der Waals surface area contributed by atoms with E-state index in [1.165, 1.54) is 36.4 Å². The summed E-state index contributed by atoms with van der Waals surface area (Å²) in [5.74, 6) is -0.872. The van der Waals surface area contributed by atoms with Gasteiger partial charge in [0.25, 0.3) is 0 Å². The highest BCUT2D eigenvalue weighted by molar-refractivity contribution is 5.87. The first-order chi connectivity index (χ1) is 7.70. The molecular formula is C13H8F2O. The van der Waals surface area contributed by atoms with Crippen LogP contribution in [0.25, 0.3) is 11.1 Å². The number of hydrogen-bond acceptors (Lipinski definition) is 1. The van der Waals surface area contributed by atoms with Crippen molar-refractivity contribution in [3.8, 4) is 11.1 Å². The van der Waals surface area contributed by atoms with E-state index in [2.05, 4.69) is 0 Å². The molecule has 80 valence electrons. The largest absolute Gasteiger partial charge is 0.298 e. The molecule has 2 rings (SSSR count). The van der Waals surface area contributed by atoms with Gasteiger partial charge in [0.05, 0.1) is 0 Å². The van der Waals surface area contributed by atoms with Crippen LogP contribution in [0.3, 0.4) is 0 Å². The van der Waals surface area contributed by atoms with Gasteiger partial charge in [0, 0.05) is 5.56 Å². The Kier molecular flexibility index (Phi) is 2.77. The number of carbonyl (C=O) groups excluding carboxylic acids is 1. The fraction of sp³-hybridized carbons (Fsp3) is 0. The van der Waals surface area contributed by atoms with Crippen LogP contribution >= 0.6 is 0 Å². The van der Waals surface area contributed by atoms with Crippen LogP contribution in [-0.4, -0.2) is 6.29 Å². The van der Waals surface area contributed by atoms with Crippen molar-refractivity contribution in [3.63, 3.8) is 0 Å². The van der Waals surface area contributed by atoms with Crippen LogP contribution in [0.5, 0.6) is 0 Å². The minimum absolute atomic E-state index is 0.340. The van der Waals surface area contributed by atoms with Gasteiger partial charge in [0.1, 0.15) is 11.6 Å². The summed E-state index contributed by atoms with van der Waals surface area (Å²) in [4.78, 5) is 10.8. The molecule has 0 aliphatic rings. The predicted octanol–water partition coefficient (Wildman–Crippen LogP) is 3.44. The van der Waals surface area contributed by atoms with Gasteiger partial charge < -0.3 is 0 Å². The van der Waals surface area contributed by atoms with E-state index in [0.29, 0.717) is 23.0 Å². The molecule has 0 atom stereocenters. The normalized spacial score (nSPS) is 10.1. The first-order valence-electron chi connectivity index (χ1n) is 4.71. The summed E-state index contributed by atoms with van der Waals surface area (Å²) in [7, 11) is 0. The predicted molar refractivity (Wildman–Crippen MR) is 57.2 cm³/mol. The molecule has 0 spiro atoms. The molecular weight excluding hydrogens is 210 g/mol. The van der Waals surface area contributed by atoms with Gasteiger partial charge in [-0.25, -0.2) is 8.78 Å². The minimum Gasteiger partial charge on any atom is -0.298 e. The third-order valence-electron chi connectivity index (χ3n) is 2.28. The Balaban J connectivity index is 2.62. The van der Waals surface area contributed by atoms with Gasteiger partial charge in [0.15, 0.2) is 6.29 Å². The Hall–Kier alpha value is -2.03. The topological polar surface area (TPSA) is 17.1 Å². The zero-order chi connectivity index (χ0) is 11.5. The molecule has 0 saturated carbocycles. The molecule has 2 aromatic rings. The van der Waals surface area contributed by atoms with E-state index in [0.717, 1.165) is 0 Å². The summed E-state index contributed by atoms with van der Waals surface area (Å²) in [6, 6.07) is 9.51. The quantitative estimate of drug-likeness (QED) is 0.705. The van der Waals surface area contributed by atoms with Crippen LogP contribution in [0, 0.1) is 11.6 Å². The molecule has 16 heavy (non-hydrogen) atoms. The molecule has 0 radical (unpaired) electrons. The van der Waals surface area contributed by atoms with Crippen LogP contribution in [0.2, 0.25) is 0 Å². The Bertz CT molecular complexity index is 535. The number of halogens is 2. The Morgan fingerprint density at radius 2 is 1.69 bits per heavy atom. The molecule has 0 amide bonds. The zero-order valence-corrected chi connectivity index (χ0v) is 8.28. The maximum absolute atomic E-state index is 13.1. The van der Waals surface area contributed by atoms with Crippen LogP contribution in [0.15, 0.2) is 42.5 Å². The van der Waals surface area contributed by atoms with Crippen molar-refractivity contribution >= 4 is 6.29 Å². The number of benzene rings is 2. The molecule has 1 nitrogen and oxygen atoms in total. The van der Waals surface area contributed by atoms with E-state index in [-0.39, 0.29) is 0 Å². The van der Waals surface area contributed by atoms with Crippen molar-refractivity contribution in [2.45, 2.75) is 0 Å². The second-order valence-corrected chi connectivity index (χ2v) is 3.36. The van der Waals surface area contributed by atoms with Crippen molar-refractivity contribution < 1.29 is 13.6 Å². The minimum atomic E-state index is -0.454. The molecule has 0 aliphatic heterocycles. The van der Waals surface area contributed by atoms with Crippen molar-refractivity contribution in [2.75, 3.05) is 0 Å². The standard InChI is InChI=1S/C13H8F2O/c14-11-3-1-2-9(6-11)13-7-12(15)5-4-10(13)8-16/h1-8H. The average molecular weight is 218 g/mol. The molecule has 0 aliphatic carbocycles. The maximum atomic E-state index is 13.1. The van der Waals surface area contributed by atoms with Crippen molar-refractivity contribution in [1.29, 1.82) is 0 Å². The molecule has 3 heteroatoms. The van der Waals surface area contributed by atoms with Crippen molar-refractivity contribution in [1.82, 2.24) is 0 Å². The smallest absolute Gasteiger partial charge is 0.150 e. The molecule has 2 aromatic carbocycles. The summed E-state index contributed by atoms with van der Waals surface area (Å²) in [5.41, 5.74) is 1.23. The van der Waals surface area contributed by atoms with E-state index in [1.54, 1.807) is 6.07 Å². The van der Waals surface area contributed by atoms with Gasteiger partial charge >= 0.3 is 0 Å². The monoisotopic (exact) mass is 218 g/mol. The summed E-state index contributed by atoms with van der Waals surface area (Å²) in [5, 5.41) is 0. The van der Waals surface area contributed by atoms with E-state index in [1.807, 2.05) is 0 Å². The maximum Gasteiger partial charge on any atom is 0.150 e. The fourth-order valence-corrected chi connectivity index (χ4v) is 1.54. The van der Waals surface area contributed by atoms with E-state index in [9.17, 15) is 13.6 Å². The molecule has 0 heterocycles. The Morgan fingerprint density at radius 3 is 2.38 bits per heavy atom. The van der Waals surface area contributed by atoms with Crippen LogP contribution in [0.1, 0.15) is 10.4 Å². The van der Waals surface area contributed by atoms with Gasteiger partial charge in [-0.05, 0) is 41.5 Å². The van der Waals surface area contributed by atoms with Crippen molar-refractivity contribution in [3.05, 3.63) is 59.7 Å². The van der Waals surface area contributed by atoms with E-state index < -0.39 is 11.6 Å². The number of aldehydes is 1. The Morgan fingerprint density at radius 1 is 0.938 bits per heavy atom. The van der Waals surface area contributed by atoms with Gasteiger partial charge in [-0.1, -0.05) is 12.1 Å². The highest BCUT2D eigenvalue weighted by Gasteiger charge is 2.06. The molecule has 0 fully saturated rings. The molecule has 0 saturated heterocycles. The lowest BCUT2D eigenvalue weighted by atomic mass is 10.0. The summed E-state index contributed by atoms with van der Waals surface area (Å²) in [6.07, 6.45) is 0.625. The number of hydrogen-bond donors (Lipinski definition) is 0. The molecule has 0 bridgehead atoms. The van der Waals surface area contributed by atoms with E-state index in [4.69, 9.17) is 0 Å². The first-order valence-corrected chi connectivity index (χ1v) is 4.71. The van der Waals surface area contributed by atoms with E-state index >= 15 is 0 Å². The lowest BCUT2D eigenvalue weighted by molar-refractivity contribution is 0.112. The second kappa shape index (κ2) is 4.23. The van der Waals surface area contributed by atoms with Crippen LogP contribution in [-0.2, 0) is 0 Å². The van der Waals surface area contributed by atoms with Gasteiger partial charge in [-0.2, -0.15) is 0 Å². The number of carbonyl (C=O) groups is 1. The lowest BCUT2D eigenvalue weighted by Crippen LogP contribution is -1.89. The van der Waals surface area contributed by atoms with Crippen LogP contribution in [0.4, 0.5) is 8.78 Å². The Labute approximate surface area is 91.3 Å². The SMILES string of the molecule is O=Cc1ccc(F)cc1-c1cccc(F)c1. The first kappa shape index (κ1) is 10.5. The van der Waals surface area contributed by atoms with Crippen molar-refractivity contribution in [2.24, 2.45) is 0 Å². The average Bonchev–Trinajstić information content (AvgIpc) is 2.29. The summed E-state index contributed by atoms with van der Waals surface area (Å²) in [6.45, 7) is 0. The third kappa shape index (κ3) is 1.98. The summed E-state index contributed by atoms with van der Waals surface area (Å²) < 4.78 is 26.1.